The van der Waals surface area contributed by atoms with Crippen LogP contribution < -0.4 is 16.3 Å². The molecule has 0 radical (unpaired) electrons. The van der Waals surface area contributed by atoms with Crippen LogP contribution in [0.5, 0.6) is 5.75 Å². The number of rotatable bonds is 7. The second-order valence-corrected chi connectivity index (χ2v) is 10.4. The van der Waals surface area contributed by atoms with E-state index >= 15 is 0 Å². The van der Waals surface area contributed by atoms with E-state index in [9.17, 15) is 9.50 Å². The summed E-state index contributed by atoms with van der Waals surface area (Å²) in [7, 11) is 1.41. The van der Waals surface area contributed by atoms with Gasteiger partial charge >= 0.3 is 0 Å². The minimum absolute atomic E-state index is 0.0426. The summed E-state index contributed by atoms with van der Waals surface area (Å²) in [5.74, 6) is 7.19. The number of hydrazine groups is 1. The van der Waals surface area contributed by atoms with Crippen LogP contribution in [-0.2, 0) is 0 Å². The van der Waals surface area contributed by atoms with Crippen molar-refractivity contribution in [1.82, 2.24) is 29.5 Å². The van der Waals surface area contributed by atoms with Crippen molar-refractivity contribution in [1.29, 1.82) is 0 Å². The van der Waals surface area contributed by atoms with Gasteiger partial charge in [-0.25, -0.2) is 20.2 Å². The standard InChI is InChI=1S/C25H37FN8O2/c1-7-20(15(3)33(28)13-25(4,5)35)32-11-14(2)8-16(12-32)22-30-23-17-9-18(26)21(36-6)10-19(17)29-24(27)34(23)31-22/h9-10,14,16,35H,7-8,11-13,28H2,1-6H3,(H2,27,29)/b20-15+/t14-,16+/m1/s1. The lowest BCUT2D eigenvalue weighted by molar-refractivity contribution is 0.0452. The first-order valence-electron chi connectivity index (χ1n) is 12.3. The van der Waals surface area contributed by atoms with Gasteiger partial charge in [0.05, 0.1) is 24.8 Å². The van der Waals surface area contributed by atoms with Crippen molar-refractivity contribution in [3.8, 4) is 5.75 Å². The number of fused-ring (bicyclic) bond motifs is 3. The lowest BCUT2D eigenvalue weighted by Crippen LogP contribution is -2.44. The molecule has 0 aliphatic carbocycles. The Balaban J connectivity index is 1.71. The van der Waals surface area contributed by atoms with Crippen LogP contribution in [0.25, 0.3) is 16.6 Å². The molecule has 5 N–H and O–H groups in total. The van der Waals surface area contributed by atoms with Crippen LogP contribution in [0.4, 0.5) is 10.3 Å². The third-order valence-corrected chi connectivity index (χ3v) is 6.73. The molecule has 1 saturated heterocycles. The first kappa shape index (κ1) is 25.9. The third-order valence-electron chi connectivity index (χ3n) is 6.73. The Morgan fingerprint density at radius 2 is 2.03 bits per heavy atom. The maximum atomic E-state index is 14.5. The van der Waals surface area contributed by atoms with Gasteiger partial charge in [0, 0.05) is 41.9 Å². The zero-order valence-electron chi connectivity index (χ0n) is 21.9. The van der Waals surface area contributed by atoms with E-state index in [-0.39, 0.29) is 17.6 Å². The van der Waals surface area contributed by atoms with Crippen molar-refractivity contribution < 1.29 is 14.2 Å². The van der Waals surface area contributed by atoms with Gasteiger partial charge in [-0.15, -0.1) is 5.10 Å². The molecule has 1 fully saturated rings. The van der Waals surface area contributed by atoms with Crippen LogP contribution in [-0.4, -0.2) is 66.9 Å². The zero-order chi connectivity index (χ0) is 26.4. The zero-order valence-corrected chi connectivity index (χ0v) is 21.9. The van der Waals surface area contributed by atoms with Crippen molar-refractivity contribution in [2.45, 2.75) is 59.0 Å². The molecule has 4 rings (SSSR count). The van der Waals surface area contributed by atoms with Crippen molar-refractivity contribution in [2.75, 3.05) is 32.5 Å². The number of hydrogen-bond donors (Lipinski definition) is 3. The summed E-state index contributed by atoms with van der Waals surface area (Å²) in [5, 5.41) is 17.1. The highest BCUT2D eigenvalue weighted by molar-refractivity contribution is 5.93. The number of nitrogen functional groups attached to an aromatic ring is 1. The molecule has 0 bridgehead atoms. The average Bonchev–Trinajstić information content (AvgIpc) is 3.25. The Labute approximate surface area is 210 Å². The summed E-state index contributed by atoms with van der Waals surface area (Å²) in [5.41, 5.74) is 8.32. The van der Waals surface area contributed by atoms with Gasteiger partial charge in [-0.1, -0.05) is 13.8 Å². The lowest BCUT2D eigenvalue weighted by atomic mass is 9.89. The minimum Gasteiger partial charge on any atom is -0.494 e. The number of piperidine rings is 1. The van der Waals surface area contributed by atoms with Gasteiger partial charge in [-0.3, -0.25) is 0 Å². The van der Waals surface area contributed by atoms with Crippen LogP contribution in [0.3, 0.4) is 0 Å². The summed E-state index contributed by atoms with van der Waals surface area (Å²) in [4.78, 5) is 11.5. The second-order valence-electron chi connectivity index (χ2n) is 10.4. The third kappa shape index (κ3) is 5.03. The predicted molar refractivity (Wildman–Crippen MR) is 137 cm³/mol. The molecular weight excluding hydrogens is 463 g/mol. The Bertz CT molecular complexity index is 1300. The van der Waals surface area contributed by atoms with Gasteiger partial charge in [0.1, 0.15) is 0 Å². The Hall–Kier alpha value is -3.18. The van der Waals surface area contributed by atoms with E-state index < -0.39 is 11.4 Å². The first-order chi connectivity index (χ1) is 16.9. The molecule has 196 valence electrons. The van der Waals surface area contributed by atoms with Crippen LogP contribution in [0.1, 0.15) is 59.2 Å². The summed E-state index contributed by atoms with van der Waals surface area (Å²) in [6, 6.07) is 2.89. The Morgan fingerprint density at radius 1 is 1.31 bits per heavy atom. The molecular formula is C25H37FN8O2. The molecule has 0 saturated carbocycles. The fourth-order valence-corrected chi connectivity index (χ4v) is 5.14. The van der Waals surface area contributed by atoms with Gasteiger partial charge in [0.25, 0.3) is 0 Å². The number of ether oxygens (including phenoxy) is 1. The fraction of sp³-hybridized carbons (Fsp3) is 0.560. The number of hydrogen-bond acceptors (Lipinski definition) is 9. The van der Waals surface area contributed by atoms with Gasteiger partial charge in [-0.05, 0) is 45.6 Å². The molecule has 11 heteroatoms. The molecule has 3 aromatic rings. The van der Waals surface area contributed by atoms with Crippen LogP contribution >= 0.6 is 0 Å². The number of nitrogens with zero attached hydrogens (tertiary/aromatic N) is 6. The number of anilines is 1. The highest BCUT2D eigenvalue weighted by Gasteiger charge is 2.31. The maximum absolute atomic E-state index is 14.5. The summed E-state index contributed by atoms with van der Waals surface area (Å²) in [6.45, 7) is 11.7. The summed E-state index contributed by atoms with van der Waals surface area (Å²) >= 11 is 0. The molecule has 2 atom stereocenters. The molecule has 36 heavy (non-hydrogen) atoms. The van der Waals surface area contributed by atoms with Crippen molar-refractivity contribution in [3.63, 3.8) is 0 Å². The quantitative estimate of drug-likeness (QED) is 0.331. The van der Waals surface area contributed by atoms with E-state index in [1.54, 1.807) is 18.9 Å². The van der Waals surface area contributed by atoms with E-state index in [0.717, 1.165) is 30.8 Å². The SMILES string of the molecule is CC/C(=C(/C)N(N)CC(C)(C)O)N1C[C@H](C)C[C@H](c2nc3c4cc(F)c(OC)cc4nc(N)n3n2)C1. The van der Waals surface area contributed by atoms with E-state index in [1.165, 1.54) is 23.8 Å². The molecule has 0 amide bonds. The number of benzene rings is 1. The largest absolute Gasteiger partial charge is 0.494 e. The molecule has 3 heterocycles. The molecule has 2 aromatic heterocycles. The van der Waals surface area contributed by atoms with Crippen LogP contribution in [0.2, 0.25) is 0 Å². The normalized spacial score (nSPS) is 19.6. The highest BCUT2D eigenvalue weighted by Crippen LogP contribution is 2.34. The number of allylic oxidation sites excluding steroid dienone is 2. The van der Waals surface area contributed by atoms with E-state index in [1.807, 2.05) is 6.92 Å². The molecule has 0 spiro atoms. The highest BCUT2D eigenvalue weighted by atomic mass is 19.1. The maximum Gasteiger partial charge on any atom is 0.223 e. The van der Waals surface area contributed by atoms with Crippen LogP contribution in [0.15, 0.2) is 23.5 Å². The monoisotopic (exact) mass is 500 g/mol. The van der Waals surface area contributed by atoms with Crippen molar-refractivity contribution in [3.05, 3.63) is 35.2 Å². The average molecular weight is 501 g/mol. The smallest absolute Gasteiger partial charge is 0.223 e. The van der Waals surface area contributed by atoms with Gasteiger partial charge in [0.2, 0.25) is 5.95 Å². The summed E-state index contributed by atoms with van der Waals surface area (Å²) in [6.07, 6.45) is 1.71. The molecule has 1 aliphatic rings. The number of nitrogens with two attached hydrogens (primary N) is 2. The second kappa shape index (κ2) is 9.70. The number of halogens is 1. The lowest BCUT2D eigenvalue weighted by Gasteiger charge is -2.40. The Morgan fingerprint density at radius 3 is 2.67 bits per heavy atom. The van der Waals surface area contributed by atoms with E-state index in [4.69, 9.17) is 26.4 Å². The topological polar surface area (TPSA) is 131 Å². The molecule has 1 aromatic carbocycles. The number of aliphatic hydroxyl groups is 1. The minimum atomic E-state index is -0.909. The molecule has 0 unspecified atom stereocenters. The van der Waals surface area contributed by atoms with E-state index in [0.29, 0.717) is 41.4 Å². The van der Waals surface area contributed by atoms with E-state index in [2.05, 4.69) is 23.7 Å². The molecule has 1 aliphatic heterocycles. The first-order valence-corrected chi connectivity index (χ1v) is 12.3. The van der Waals surface area contributed by atoms with Gasteiger partial charge in [0.15, 0.2) is 23.0 Å². The number of aromatic nitrogens is 4. The van der Waals surface area contributed by atoms with Gasteiger partial charge < -0.3 is 25.5 Å². The fourth-order valence-electron chi connectivity index (χ4n) is 5.14. The number of methoxy groups -OCH3 is 1. The van der Waals surface area contributed by atoms with Crippen LogP contribution in [0, 0.1) is 11.7 Å². The predicted octanol–water partition coefficient (Wildman–Crippen LogP) is 3.02. The molecule has 10 nitrogen and oxygen atoms in total. The van der Waals surface area contributed by atoms with Crippen molar-refractivity contribution in [2.24, 2.45) is 11.8 Å². The summed E-state index contributed by atoms with van der Waals surface area (Å²) < 4.78 is 21.1. The number of likely N-dealkylation sites (tertiary alicyclic amines) is 1. The Kier molecular flexibility index (Phi) is 6.98. The van der Waals surface area contributed by atoms with Gasteiger partial charge in [-0.2, -0.15) is 4.52 Å². The van der Waals surface area contributed by atoms with Crippen molar-refractivity contribution >= 4 is 22.5 Å².